The lowest BCUT2D eigenvalue weighted by atomic mass is 10.0. The molecule has 0 bridgehead atoms. The predicted molar refractivity (Wildman–Crippen MR) is 119 cm³/mol. The van der Waals surface area contributed by atoms with Crippen LogP contribution in [0.1, 0.15) is 135 Å². The van der Waals surface area contributed by atoms with E-state index in [0.717, 1.165) is 0 Å². The van der Waals surface area contributed by atoms with Crippen LogP contribution in [0.5, 0.6) is 0 Å². The lowest BCUT2D eigenvalue weighted by Gasteiger charge is -2.29. The first-order valence-corrected chi connectivity index (χ1v) is 12.6. The highest BCUT2D eigenvalue weighted by Gasteiger charge is 2.25. The van der Waals surface area contributed by atoms with Gasteiger partial charge in [-0.3, -0.25) is 0 Å². The van der Waals surface area contributed by atoms with E-state index in [-0.39, 0.29) is 17.0 Å². The Labute approximate surface area is 183 Å². The van der Waals surface area contributed by atoms with Crippen molar-refractivity contribution in [3.05, 3.63) is 0 Å². The fourth-order valence-corrected chi connectivity index (χ4v) is 4.72. The number of hydrogen-bond acceptors (Lipinski definition) is 0. The van der Waals surface area contributed by atoms with Crippen LogP contribution in [-0.4, -0.2) is 31.2 Å². The first-order valence-electron chi connectivity index (χ1n) is 12.6. The summed E-state index contributed by atoms with van der Waals surface area (Å²) >= 11 is 0. The molecule has 1 aliphatic rings. The molecular formula is C25H52BrN. The van der Waals surface area contributed by atoms with Crippen LogP contribution in [0.3, 0.4) is 0 Å². The van der Waals surface area contributed by atoms with Gasteiger partial charge in [0.15, 0.2) is 0 Å². The lowest BCUT2D eigenvalue weighted by molar-refractivity contribution is -0.897. The van der Waals surface area contributed by atoms with E-state index >= 15 is 0 Å². The zero-order valence-corrected chi connectivity index (χ0v) is 20.7. The van der Waals surface area contributed by atoms with E-state index in [4.69, 9.17) is 0 Å². The molecule has 0 N–H and O–H groups in total. The van der Waals surface area contributed by atoms with Gasteiger partial charge in [0.2, 0.25) is 0 Å². The molecule has 1 fully saturated rings. The number of halogens is 1. The Hall–Kier alpha value is 0.440. The van der Waals surface area contributed by atoms with Crippen LogP contribution in [0, 0.1) is 0 Å². The van der Waals surface area contributed by atoms with Crippen LogP contribution in [0.2, 0.25) is 0 Å². The minimum Gasteiger partial charge on any atom is -1.00 e. The van der Waals surface area contributed by atoms with Crippen molar-refractivity contribution in [3.8, 4) is 0 Å². The zero-order chi connectivity index (χ0) is 18.8. The Morgan fingerprint density at radius 2 is 0.778 bits per heavy atom. The Bertz CT molecular complexity index is 286. The van der Waals surface area contributed by atoms with Gasteiger partial charge < -0.3 is 21.5 Å². The molecule has 0 atom stereocenters. The second-order valence-electron chi connectivity index (χ2n) is 9.51. The van der Waals surface area contributed by atoms with E-state index in [1.807, 2.05) is 0 Å². The van der Waals surface area contributed by atoms with Crippen LogP contribution in [0.15, 0.2) is 0 Å². The average Bonchev–Trinajstić information content (AvgIpc) is 3.07. The van der Waals surface area contributed by atoms with Gasteiger partial charge in [-0.2, -0.15) is 0 Å². The molecular weight excluding hydrogens is 394 g/mol. The van der Waals surface area contributed by atoms with E-state index in [2.05, 4.69) is 14.0 Å². The lowest BCUT2D eigenvalue weighted by Crippen LogP contribution is -3.00. The van der Waals surface area contributed by atoms with E-state index in [0.29, 0.717) is 0 Å². The highest BCUT2D eigenvalue weighted by molar-refractivity contribution is 4.53. The van der Waals surface area contributed by atoms with Crippen molar-refractivity contribution in [1.29, 1.82) is 0 Å². The standard InChI is InChI=1S/C25H52N.BrH/c1-3-4-5-6-7-8-9-10-11-12-13-14-15-16-17-18-19-20-23-26(2)24-21-22-25-26;/h3-25H2,1-2H3;1H/q+1;/p-1. The number of rotatable bonds is 19. The molecule has 164 valence electrons. The van der Waals surface area contributed by atoms with Gasteiger partial charge in [0, 0.05) is 12.8 Å². The molecule has 27 heavy (non-hydrogen) atoms. The van der Waals surface area contributed by atoms with Crippen molar-refractivity contribution in [3.63, 3.8) is 0 Å². The van der Waals surface area contributed by atoms with E-state index in [1.165, 1.54) is 153 Å². The maximum atomic E-state index is 2.47. The van der Waals surface area contributed by atoms with E-state index in [1.54, 1.807) is 0 Å². The Kier molecular flexibility index (Phi) is 20.1. The summed E-state index contributed by atoms with van der Waals surface area (Å²) in [5, 5.41) is 0. The largest absolute Gasteiger partial charge is 1.00 e. The third kappa shape index (κ3) is 17.0. The molecule has 0 radical (unpaired) electrons. The molecule has 1 saturated heterocycles. The maximum absolute atomic E-state index is 2.47. The summed E-state index contributed by atoms with van der Waals surface area (Å²) in [6, 6.07) is 0. The molecule has 1 nitrogen and oxygen atoms in total. The summed E-state index contributed by atoms with van der Waals surface area (Å²) in [4.78, 5) is 0. The van der Waals surface area contributed by atoms with Gasteiger partial charge in [-0.15, -0.1) is 0 Å². The first-order chi connectivity index (χ1) is 12.8. The summed E-state index contributed by atoms with van der Waals surface area (Å²) in [5.74, 6) is 0. The Balaban J connectivity index is 0.00000676. The Morgan fingerprint density at radius 1 is 0.481 bits per heavy atom. The smallest absolute Gasteiger partial charge is 0.0786 e. The summed E-state index contributed by atoms with van der Waals surface area (Å²) in [6.07, 6.45) is 29.5. The highest BCUT2D eigenvalue weighted by atomic mass is 79.9. The molecule has 0 aromatic heterocycles. The summed E-state index contributed by atoms with van der Waals surface area (Å²) in [5.41, 5.74) is 0. The maximum Gasteiger partial charge on any atom is 0.0786 e. The van der Waals surface area contributed by atoms with Crippen LogP contribution in [0.25, 0.3) is 0 Å². The van der Waals surface area contributed by atoms with Crippen molar-refractivity contribution in [2.24, 2.45) is 0 Å². The summed E-state index contributed by atoms with van der Waals surface area (Å²) in [6.45, 7) is 6.63. The summed E-state index contributed by atoms with van der Waals surface area (Å²) in [7, 11) is 2.47. The fourth-order valence-electron chi connectivity index (χ4n) is 4.72. The van der Waals surface area contributed by atoms with Crippen LogP contribution >= 0.6 is 0 Å². The van der Waals surface area contributed by atoms with Gasteiger partial charge in [-0.25, -0.2) is 0 Å². The highest BCUT2D eigenvalue weighted by Crippen LogP contribution is 2.18. The molecule has 2 heteroatoms. The zero-order valence-electron chi connectivity index (χ0n) is 19.1. The molecule has 0 aromatic carbocycles. The molecule has 0 saturated carbocycles. The van der Waals surface area contributed by atoms with Gasteiger partial charge in [0.05, 0.1) is 26.7 Å². The minimum atomic E-state index is 0. The average molecular weight is 447 g/mol. The molecule has 0 amide bonds. The molecule has 0 unspecified atom stereocenters. The van der Waals surface area contributed by atoms with Crippen molar-refractivity contribution >= 4 is 0 Å². The number of unbranched alkanes of at least 4 members (excludes halogenated alkanes) is 17. The topological polar surface area (TPSA) is 0 Å². The van der Waals surface area contributed by atoms with Crippen LogP contribution < -0.4 is 17.0 Å². The van der Waals surface area contributed by atoms with Gasteiger partial charge in [0.1, 0.15) is 0 Å². The predicted octanol–water partition coefficient (Wildman–Crippen LogP) is 5.27. The number of likely N-dealkylation sites (tertiary alicyclic amines) is 1. The first kappa shape index (κ1) is 27.4. The van der Waals surface area contributed by atoms with Gasteiger partial charge in [-0.05, 0) is 12.8 Å². The Morgan fingerprint density at radius 3 is 1.11 bits per heavy atom. The molecule has 1 rings (SSSR count). The monoisotopic (exact) mass is 445 g/mol. The van der Waals surface area contributed by atoms with Gasteiger partial charge >= 0.3 is 0 Å². The number of nitrogens with zero attached hydrogens (tertiary/aromatic N) is 1. The van der Waals surface area contributed by atoms with Crippen LogP contribution in [-0.2, 0) is 0 Å². The van der Waals surface area contributed by atoms with Gasteiger partial charge in [0.25, 0.3) is 0 Å². The molecule has 0 aliphatic carbocycles. The minimum absolute atomic E-state index is 0. The van der Waals surface area contributed by atoms with Crippen molar-refractivity contribution in [2.45, 2.75) is 135 Å². The number of hydrogen-bond donors (Lipinski definition) is 0. The van der Waals surface area contributed by atoms with E-state index in [9.17, 15) is 0 Å². The second-order valence-corrected chi connectivity index (χ2v) is 9.51. The van der Waals surface area contributed by atoms with Crippen LogP contribution in [0.4, 0.5) is 0 Å². The second kappa shape index (κ2) is 19.7. The quantitative estimate of drug-likeness (QED) is 0.187. The normalized spacial score (nSPS) is 15.8. The van der Waals surface area contributed by atoms with Crippen molar-refractivity contribution < 1.29 is 21.5 Å². The van der Waals surface area contributed by atoms with E-state index < -0.39 is 0 Å². The SMILES string of the molecule is CCCCCCCCCCCCCCCCCCCC[N+]1(C)CCCC1.[Br-]. The molecule has 1 heterocycles. The van der Waals surface area contributed by atoms with Crippen molar-refractivity contribution in [1.82, 2.24) is 0 Å². The van der Waals surface area contributed by atoms with Gasteiger partial charge in [-0.1, -0.05) is 110 Å². The van der Waals surface area contributed by atoms with Crippen molar-refractivity contribution in [2.75, 3.05) is 26.7 Å². The molecule has 0 spiro atoms. The number of quaternary nitrogens is 1. The molecule has 1 aliphatic heterocycles. The third-order valence-corrected chi connectivity index (χ3v) is 6.70. The fraction of sp³-hybridized carbons (Fsp3) is 1.00. The summed E-state index contributed by atoms with van der Waals surface area (Å²) < 4.78 is 1.37. The molecule has 0 aromatic rings. The third-order valence-electron chi connectivity index (χ3n) is 6.70.